The molecule has 0 aromatic heterocycles. The van der Waals surface area contributed by atoms with E-state index >= 15 is 0 Å². The molecule has 0 aliphatic heterocycles. The number of nitrogens with one attached hydrogen (secondary N) is 1. The van der Waals surface area contributed by atoms with Gasteiger partial charge in [-0.05, 0) is 0 Å². The second-order valence-electron chi connectivity index (χ2n) is 2.86. The minimum absolute atomic E-state index is 0.190. The molecule has 2 nitrogen and oxygen atoms in total. The number of hydrogen-bond acceptors (Lipinski definition) is 2. The lowest BCUT2D eigenvalue weighted by atomic mass is 10.1. The Labute approximate surface area is 65.0 Å². The van der Waals surface area contributed by atoms with Gasteiger partial charge in [-0.1, -0.05) is 13.8 Å². The van der Waals surface area contributed by atoms with Crippen LogP contribution in [0.1, 0.15) is 20.8 Å². The predicted molar refractivity (Wildman–Crippen MR) is 38.5 cm³/mol. The molecule has 0 unspecified atom stereocenters. The molecule has 0 spiro atoms. The Morgan fingerprint density at radius 3 is 2.27 bits per heavy atom. The number of Topliss-reactive ketones (excluding diaryl/α,β-unsaturated/α-hetero) is 1. The summed E-state index contributed by atoms with van der Waals surface area (Å²) >= 11 is 0. The Hall–Kier alpha value is -0.510. The highest BCUT2D eigenvalue weighted by Crippen LogP contribution is 2.05. The molecule has 0 heterocycles. The highest BCUT2D eigenvalue weighted by molar-refractivity contribution is 5.82. The molecule has 0 aromatic rings. The van der Waals surface area contributed by atoms with Crippen LogP contribution in [0.25, 0.3) is 0 Å². The first-order chi connectivity index (χ1) is 4.83. The van der Waals surface area contributed by atoms with Gasteiger partial charge in [0.25, 0.3) is 6.05 Å². The average Bonchev–Trinajstić information content (AvgIpc) is 1.80. The molecule has 0 fully saturated rings. The van der Waals surface area contributed by atoms with E-state index in [0.29, 0.717) is 0 Å². The minimum atomic E-state index is -2.95. The van der Waals surface area contributed by atoms with Crippen LogP contribution in [0.4, 0.5) is 8.78 Å². The molecule has 0 saturated heterocycles. The maximum atomic E-state index is 12.1. The van der Waals surface area contributed by atoms with Crippen LogP contribution < -0.4 is 5.32 Å². The van der Waals surface area contributed by atoms with E-state index in [1.807, 2.05) is 5.32 Å². The van der Waals surface area contributed by atoms with Gasteiger partial charge >= 0.3 is 0 Å². The normalized spacial score (nSPS) is 12.2. The average molecular weight is 165 g/mol. The fourth-order valence-corrected chi connectivity index (χ4v) is 0.446. The van der Waals surface area contributed by atoms with Crippen molar-refractivity contribution in [2.24, 2.45) is 5.92 Å². The summed E-state index contributed by atoms with van der Waals surface area (Å²) in [6.07, 6.45) is 0. The number of halogens is 2. The Balaban J connectivity index is 3.64. The Bertz CT molecular complexity index is 140. The summed E-state index contributed by atoms with van der Waals surface area (Å²) in [7, 11) is 0. The third kappa shape index (κ3) is 5.91. The molecule has 0 rings (SSSR count). The van der Waals surface area contributed by atoms with E-state index in [1.165, 1.54) is 0 Å². The van der Waals surface area contributed by atoms with Crippen molar-refractivity contribution in [3.05, 3.63) is 0 Å². The van der Waals surface area contributed by atoms with Crippen LogP contribution in [0.5, 0.6) is 0 Å². The molecule has 0 radical (unpaired) electrons. The molecule has 0 aliphatic rings. The fraction of sp³-hybridized carbons (Fsp3) is 0.857. The lowest BCUT2D eigenvalue weighted by Crippen LogP contribution is -2.38. The van der Waals surface area contributed by atoms with Crippen molar-refractivity contribution >= 4 is 5.78 Å². The maximum absolute atomic E-state index is 12.1. The molecule has 1 N–H and O–H groups in total. The van der Waals surface area contributed by atoms with Gasteiger partial charge in [-0.15, -0.1) is 0 Å². The van der Waals surface area contributed by atoms with Gasteiger partial charge < -0.3 is 0 Å². The van der Waals surface area contributed by atoms with Crippen LogP contribution in [0.15, 0.2) is 0 Å². The van der Waals surface area contributed by atoms with Crippen molar-refractivity contribution in [2.45, 2.75) is 26.8 Å². The Morgan fingerprint density at radius 1 is 1.55 bits per heavy atom. The molecule has 0 saturated carbocycles. The van der Waals surface area contributed by atoms with Crippen molar-refractivity contribution in [3.8, 4) is 0 Å². The van der Waals surface area contributed by atoms with Gasteiger partial charge in [-0.2, -0.15) is 8.78 Å². The van der Waals surface area contributed by atoms with Crippen molar-refractivity contribution < 1.29 is 13.6 Å². The largest absolute Gasteiger partial charge is 0.300 e. The molecule has 0 amide bonds. The Kier molecular flexibility index (Phi) is 3.58. The van der Waals surface area contributed by atoms with Crippen molar-refractivity contribution in [2.75, 3.05) is 6.54 Å². The summed E-state index contributed by atoms with van der Waals surface area (Å²) in [5.74, 6) is -0.392. The fourth-order valence-electron chi connectivity index (χ4n) is 0.446. The lowest BCUT2D eigenvalue weighted by Gasteiger charge is -2.12. The molecular formula is C7H13F2NO. The SMILES string of the molecule is CC(C)C(=O)CNC(C)(F)F. The number of ketones is 1. The highest BCUT2D eigenvalue weighted by Gasteiger charge is 2.21. The van der Waals surface area contributed by atoms with Crippen LogP contribution in [0, 0.1) is 5.92 Å². The first-order valence-electron chi connectivity index (χ1n) is 3.48. The van der Waals surface area contributed by atoms with E-state index in [4.69, 9.17) is 0 Å². The first-order valence-corrected chi connectivity index (χ1v) is 3.48. The van der Waals surface area contributed by atoms with E-state index in [0.717, 1.165) is 6.92 Å². The summed E-state index contributed by atoms with van der Waals surface area (Å²) in [5, 5.41) is 1.82. The molecule has 0 aromatic carbocycles. The zero-order valence-corrected chi connectivity index (χ0v) is 6.95. The monoisotopic (exact) mass is 165 g/mol. The van der Waals surface area contributed by atoms with Crippen LogP contribution in [-0.4, -0.2) is 18.4 Å². The third-order valence-corrected chi connectivity index (χ3v) is 1.22. The molecular weight excluding hydrogens is 152 g/mol. The predicted octanol–water partition coefficient (Wildman–Crippen LogP) is 1.41. The maximum Gasteiger partial charge on any atom is 0.300 e. The number of rotatable bonds is 4. The van der Waals surface area contributed by atoms with Gasteiger partial charge in [0.1, 0.15) is 5.78 Å². The van der Waals surface area contributed by atoms with Crippen LogP contribution >= 0.6 is 0 Å². The quantitative estimate of drug-likeness (QED) is 0.638. The van der Waals surface area contributed by atoms with Gasteiger partial charge in [0.2, 0.25) is 0 Å². The zero-order valence-electron chi connectivity index (χ0n) is 6.95. The number of hydrogen-bond donors (Lipinski definition) is 1. The summed E-state index contributed by atoms with van der Waals surface area (Å²) < 4.78 is 24.2. The Morgan fingerprint density at radius 2 is 2.00 bits per heavy atom. The minimum Gasteiger partial charge on any atom is -0.298 e. The van der Waals surface area contributed by atoms with E-state index in [-0.39, 0.29) is 18.2 Å². The zero-order chi connectivity index (χ0) is 9.07. The summed E-state index contributed by atoms with van der Waals surface area (Å²) in [6, 6.07) is -2.95. The first kappa shape index (κ1) is 10.5. The molecule has 11 heavy (non-hydrogen) atoms. The van der Waals surface area contributed by atoms with Crippen LogP contribution in [-0.2, 0) is 4.79 Å². The van der Waals surface area contributed by atoms with E-state index in [2.05, 4.69) is 0 Å². The van der Waals surface area contributed by atoms with Crippen LogP contribution in [0.3, 0.4) is 0 Å². The van der Waals surface area contributed by atoms with Crippen molar-refractivity contribution in [1.82, 2.24) is 5.32 Å². The second-order valence-corrected chi connectivity index (χ2v) is 2.86. The van der Waals surface area contributed by atoms with Gasteiger partial charge in [0.15, 0.2) is 0 Å². The number of carbonyl (C=O) groups excluding carboxylic acids is 1. The van der Waals surface area contributed by atoms with E-state index in [9.17, 15) is 13.6 Å². The smallest absolute Gasteiger partial charge is 0.298 e. The van der Waals surface area contributed by atoms with Crippen LogP contribution in [0.2, 0.25) is 0 Å². The van der Waals surface area contributed by atoms with Gasteiger partial charge in [-0.3, -0.25) is 10.1 Å². The van der Waals surface area contributed by atoms with Gasteiger partial charge in [-0.25, -0.2) is 0 Å². The summed E-state index contributed by atoms with van der Waals surface area (Å²) in [4.78, 5) is 10.8. The number of alkyl halides is 2. The van der Waals surface area contributed by atoms with Crippen molar-refractivity contribution in [3.63, 3.8) is 0 Å². The van der Waals surface area contributed by atoms with E-state index < -0.39 is 6.05 Å². The molecule has 0 atom stereocenters. The van der Waals surface area contributed by atoms with E-state index in [1.54, 1.807) is 13.8 Å². The molecule has 66 valence electrons. The molecule has 0 aliphatic carbocycles. The van der Waals surface area contributed by atoms with Crippen molar-refractivity contribution in [1.29, 1.82) is 0 Å². The topological polar surface area (TPSA) is 29.1 Å². The summed E-state index contributed by atoms with van der Waals surface area (Å²) in [5.41, 5.74) is 0. The summed E-state index contributed by atoms with van der Waals surface area (Å²) in [6.45, 7) is 3.82. The molecule has 0 bridgehead atoms. The molecule has 4 heteroatoms. The highest BCUT2D eigenvalue weighted by atomic mass is 19.3. The van der Waals surface area contributed by atoms with Gasteiger partial charge in [0, 0.05) is 12.8 Å². The second kappa shape index (κ2) is 3.76. The lowest BCUT2D eigenvalue weighted by molar-refractivity contribution is -0.123. The van der Waals surface area contributed by atoms with Gasteiger partial charge in [0.05, 0.1) is 6.54 Å². The third-order valence-electron chi connectivity index (χ3n) is 1.22. The number of carbonyl (C=O) groups is 1. The standard InChI is InChI=1S/C7H13F2NO/c1-5(2)6(11)4-10-7(3,8)9/h5,10H,4H2,1-3H3.